The Balaban J connectivity index is 1.98. The predicted octanol–water partition coefficient (Wildman–Crippen LogP) is 7.86. The van der Waals surface area contributed by atoms with E-state index in [0.29, 0.717) is 5.30 Å². The van der Waals surface area contributed by atoms with E-state index in [1.807, 2.05) is 6.07 Å². The van der Waals surface area contributed by atoms with Gasteiger partial charge in [-0.2, -0.15) is 0 Å². The van der Waals surface area contributed by atoms with E-state index in [2.05, 4.69) is 6.92 Å². The van der Waals surface area contributed by atoms with Crippen molar-refractivity contribution in [1.82, 2.24) is 0 Å². The highest BCUT2D eigenvalue weighted by molar-refractivity contribution is 7.53. The molecule has 5 heteroatoms. The van der Waals surface area contributed by atoms with E-state index >= 15 is 0 Å². The Morgan fingerprint density at radius 2 is 1.25 bits per heavy atom. The SMILES string of the molecule is CCCCCCCCCCCCCCCCCCc1ccc([PH](=O)CCC(=O)O)c(O)c1. The number of carbonyl (C=O) groups is 1. The summed E-state index contributed by atoms with van der Waals surface area (Å²) >= 11 is 0. The first-order chi connectivity index (χ1) is 15.5. The number of aliphatic carboxylic acids is 1. The second-order valence-electron chi connectivity index (χ2n) is 9.22. The standard InChI is InChI=1S/C27H47O4P/c1-2-3-4-5-6-7-8-9-10-11-12-13-14-15-16-17-18-24-19-20-26(25(28)23-24)32(31)22-21-27(29)30/h19-20,23,28,32H,2-18,21-22H2,1H3,(H,29,30). The van der Waals surface area contributed by atoms with Crippen LogP contribution < -0.4 is 5.30 Å². The number of phenols is 1. The molecule has 32 heavy (non-hydrogen) atoms. The van der Waals surface area contributed by atoms with Crippen LogP contribution in [0.5, 0.6) is 5.75 Å². The van der Waals surface area contributed by atoms with Crippen LogP contribution in [-0.4, -0.2) is 22.3 Å². The molecule has 0 saturated heterocycles. The van der Waals surface area contributed by atoms with Crippen molar-refractivity contribution in [2.24, 2.45) is 0 Å². The molecule has 0 radical (unpaired) electrons. The zero-order valence-corrected chi connectivity index (χ0v) is 21.4. The molecule has 1 unspecified atom stereocenters. The third-order valence-electron chi connectivity index (χ3n) is 6.25. The maximum Gasteiger partial charge on any atom is 0.303 e. The Morgan fingerprint density at radius 3 is 1.69 bits per heavy atom. The summed E-state index contributed by atoms with van der Waals surface area (Å²) in [5.41, 5.74) is 1.06. The van der Waals surface area contributed by atoms with E-state index < -0.39 is 13.8 Å². The van der Waals surface area contributed by atoms with Crippen molar-refractivity contribution in [3.63, 3.8) is 0 Å². The molecule has 0 aromatic heterocycles. The number of aryl methyl sites for hydroxylation is 1. The molecule has 1 rings (SSSR count). The van der Waals surface area contributed by atoms with Crippen LogP contribution in [0.15, 0.2) is 18.2 Å². The monoisotopic (exact) mass is 466 g/mol. The number of benzene rings is 1. The summed E-state index contributed by atoms with van der Waals surface area (Å²) in [4.78, 5) is 10.6. The van der Waals surface area contributed by atoms with Gasteiger partial charge in [-0.1, -0.05) is 109 Å². The smallest absolute Gasteiger partial charge is 0.303 e. The van der Waals surface area contributed by atoms with Crippen LogP contribution in [0.1, 0.15) is 122 Å². The Kier molecular flexibility index (Phi) is 17.3. The van der Waals surface area contributed by atoms with Crippen molar-refractivity contribution >= 4 is 19.1 Å². The number of hydrogen-bond donors (Lipinski definition) is 2. The Morgan fingerprint density at radius 1 is 0.781 bits per heavy atom. The van der Waals surface area contributed by atoms with Gasteiger partial charge in [0.15, 0.2) is 0 Å². The van der Waals surface area contributed by atoms with Crippen molar-refractivity contribution in [3.05, 3.63) is 23.8 Å². The quantitative estimate of drug-likeness (QED) is 0.143. The van der Waals surface area contributed by atoms with Crippen molar-refractivity contribution in [1.29, 1.82) is 0 Å². The van der Waals surface area contributed by atoms with Crippen molar-refractivity contribution in [2.45, 2.75) is 122 Å². The summed E-state index contributed by atoms with van der Waals surface area (Å²) < 4.78 is 12.2. The van der Waals surface area contributed by atoms with Crippen LogP contribution in [0.2, 0.25) is 0 Å². The lowest BCUT2D eigenvalue weighted by Gasteiger charge is -2.07. The van der Waals surface area contributed by atoms with E-state index in [1.54, 1.807) is 12.1 Å². The number of unbranched alkanes of at least 4 members (excludes halogenated alkanes) is 15. The Bertz CT molecular complexity index is 645. The summed E-state index contributed by atoms with van der Waals surface area (Å²) in [6.07, 6.45) is 22.5. The molecule has 0 heterocycles. The molecule has 1 aromatic carbocycles. The fourth-order valence-electron chi connectivity index (χ4n) is 4.20. The average Bonchev–Trinajstić information content (AvgIpc) is 2.77. The molecule has 0 saturated carbocycles. The molecule has 0 aliphatic rings. The fourth-order valence-corrected chi connectivity index (χ4v) is 5.54. The van der Waals surface area contributed by atoms with Crippen LogP contribution >= 0.6 is 7.80 Å². The van der Waals surface area contributed by atoms with E-state index in [0.717, 1.165) is 18.4 Å². The third kappa shape index (κ3) is 14.7. The Hall–Kier alpha value is -1.28. The summed E-state index contributed by atoms with van der Waals surface area (Å²) in [7, 11) is -2.24. The van der Waals surface area contributed by atoms with E-state index in [-0.39, 0.29) is 18.3 Å². The molecular weight excluding hydrogens is 419 g/mol. The molecule has 0 aliphatic carbocycles. The predicted molar refractivity (Wildman–Crippen MR) is 137 cm³/mol. The lowest BCUT2D eigenvalue weighted by Crippen LogP contribution is -2.04. The van der Waals surface area contributed by atoms with Gasteiger partial charge in [-0.05, 0) is 30.5 Å². The number of carboxylic acid groups (broad SMARTS) is 1. The van der Waals surface area contributed by atoms with Gasteiger partial charge in [0, 0.05) is 6.16 Å². The highest BCUT2D eigenvalue weighted by atomic mass is 31.1. The van der Waals surface area contributed by atoms with Crippen molar-refractivity contribution < 1.29 is 19.6 Å². The van der Waals surface area contributed by atoms with Crippen LogP contribution in [-0.2, 0) is 15.8 Å². The van der Waals surface area contributed by atoms with Crippen LogP contribution in [0.4, 0.5) is 0 Å². The van der Waals surface area contributed by atoms with E-state index in [1.165, 1.54) is 96.3 Å². The molecule has 0 fully saturated rings. The molecule has 2 N–H and O–H groups in total. The second-order valence-corrected chi connectivity index (χ2v) is 11.1. The zero-order valence-electron chi connectivity index (χ0n) is 20.4. The fraction of sp³-hybridized carbons (Fsp3) is 0.741. The van der Waals surface area contributed by atoms with Crippen molar-refractivity contribution in [2.75, 3.05) is 6.16 Å². The number of aromatic hydroxyl groups is 1. The minimum Gasteiger partial charge on any atom is -0.507 e. The van der Waals surface area contributed by atoms with Crippen LogP contribution in [0.3, 0.4) is 0 Å². The third-order valence-corrected chi connectivity index (χ3v) is 7.98. The molecule has 0 amide bonds. The maximum absolute atomic E-state index is 12.2. The van der Waals surface area contributed by atoms with Crippen LogP contribution in [0, 0.1) is 0 Å². The molecule has 1 aromatic rings. The first-order valence-electron chi connectivity index (χ1n) is 13.1. The Labute approximate surface area is 197 Å². The highest BCUT2D eigenvalue weighted by Crippen LogP contribution is 2.27. The first-order valence-corrected chi connectivity index (χ1v) is 14.7. The number of rotatable bonds is 21. The largest absolute Gasteiger partial charge is 0.507 e. The normalized spacial score (nSPS) is 12.2. The summed E-state index contributed by atoms with van der Waals surface area (Å²) in [5, 5.41) is 19.3. The minimum atomic E-state index is -2.24. The van der Waals surface area contributed by atoms with Gasteiger partial charge in [-0.25, -0.2) is 0 Å². The van der Waals surface area contributed by atoms with Crippen LogP contribution in [0.25, 0.3) is 0 Å². The lowest BCUT2D eigenvalue weighted by molar-refractivity contribution is -0.136. The zero-order chi connectivity index (χ0) is 23.4. The molecule has 184 valence electrons. The molecule has 0 bridgehead atoms. The maximum atomic E-state index is 12.2. The molecule has 0 aliphatic heterocycles. The van der Waals surface area contributed by atoms with Gasteiger partial charge < -0.3 is 14.8 Å². The number of carboxylic acids is 1. The van der Waals surface area contributed by atoms with E-state index in [4.69, 9.17) is 5.11 Å². The summed E-state index contributed by atoms with van der Waals surface area (Å²) in [6, 6.07) is 5.33. The lowest BCUT2D eigenvalue weighted by atomic mass is 10.0. The van der Waals surface area contributed by atoms with Gasteiger partial charge in [0.05, 0.1) is 11.7 Å². The van der Waals surface area contributed by atoms with Gasteiger partial charge >= 0.3 is 5.97 Å². The topological polar surface area (TPSA) is 74.6 Å². The average molecular weight is 467 g/mol. The van der Waals surface area contributed by atoms with Gasteiger partial charge in [0.1, 0.15) is 13.6 Å². The van der Waals surface area contributed by atoms with Gasteiger partial charge in [0.25, 0.3) is 0 Å². The molecular formula is C27H47O4P. The summed E-state index contributed by atoms with van der Waals surface area (Å²) in [6.45, 7) is 2.27. The molecule has 0 spiro atoms. The van der Waals surface area contributed by atoms with Gasteiger partial charge in [0.2, 0.25) is 0 Å². The second kappa shape index (κ2) is 19.2. The molecule has 4 nitrogen and oxygen atoms in total. The number of hydrogen-bond acceptors (Lipinski definition) is 3. The molecule has 1 atom stereocenters. The number of phenolic OH excluding ortho intramolecular Hbond substituents is 1. The van der Waals surface area contributed by atoms with Gasteiger partial charge in [-0.15, -0.1) is 0 Å². The highest BCUT2D eigenvalue weighted by Gasteiger charge is 2.11. The van der Waals surface area contributed by atoms with Gasteiger partial charge in [-0.3, -0.25) is 4.79 Å². The van der Waals surface area contributed by atoms with E-state index in [9.17, 15) is 14.5 Å². The van der Waals surface area contributed by atoms with Crippen molar-refractivity contribution in [3.8, 4) is 5.75 Å². The first kappa shape index (κ1) is 28.8. The summed E-state index contributed by atoms with van der Waals surface area (Å²) in [5.74, 6) is -0.906. The minimum absolute atomic E-state index is 0.0493.